The largest absolute Gasteiger partial charge is 0.490 e. The van der Waals surface area contributed by atoms with Gasteiger partial charge < -0.3 is 19.2 Å². The Morgan fingerprint density at radius 2 is 1.87 bits per heavy atom. The Hall–Kier alpha value is -2.52. The van der Waals surface area contributed by atoms with Crippen LogP contribution in [-0.4, -0.2) is 51.5 Å². The van der Waals surface area contributed by atoms with Crippen LogP contribution in [0.3, 0.4) is 0 Å². The predicted molar refractivity (Wildman–Crippen MR) is 109 cm³/mol. The average molecular weight is 435 g/mol. The number of ether oxygens (including phenoxy) is 2. The highest BCUT2D eigenvalue weighted by Gasteiger charge is 2.32. The van der Waals surface area contributed by atoms with Crippen molar-refractivity contribution >= 4 is 15.9 Å². The number of furan rings is 1. The second-order valence-corrected chi connectivity index (χ2v) is 9.40. The second-order valence-electron chi connectivity index (χ2n) is 7.46. The first-order valence-corrected chi connectivity index (χ1v) is 11.7. The Labute approximate surface area is 176 Å². The van der Waals surface area contributed by atoms with E-state index in [1.807, 2.05) is 12.1 Å². The number of carbonyl (C=O) groups excluding carboxylic acids is 1. The molecule has 1 fully saturated rings. The van der Waals surface area contributed by atoms with Crippen LogP contribution in [0.25, 0.3) is 0 Å². The van der Waals surface area contributed by atoms with Crippen LogP contribution in [0.2, 0.25) is 0 Å². The van der Waals surface area contributed by atoms with Gasteiger partial charge in [0.1, 0.15) is 5.76 Å². The molecule has 0 bridgehead atoms. The molecule has 0 spiro atoms. The molecule has 2 aromatic rings. The molecule has 2 aliphatic rings. The van der Waals surface area contributed by atoms with E-state index in [0.29, 0.717) is 63.6 Å². The van der Waals surface area contributed by atoms with Crippen molar-refractivity contribution in [3.63, 3.8) is 0 Å². The first-order valence-electron chi connectivity index (χ1n) is 10.2. The molecule has 4 rings (SSSR count). The van der Waals surface area contributed by atoms with Gasteiger partial charge in [-0.2, -0.15) is 4.31 Å². The number of hydrogen-bond acceptors (Lipinski definition) is 6. The molecule has 30 heavy (non-hydrogen) atoms. The molecule has 1 N–H and O–H groups in total. The molecule has 162 valence electrons. The average Bonchev–Trinajstić information content (AvgIpc) is 3.16. The maximum atomic E-state index is 13.1. The molecule has 3 heterocycles. The summed E-state index contributed by atoms with van der Waals surface area (Å²) < 4.78 is 44.0. The molecular formula is C21H26N2O6S. The van der Waals surface area contributed by atoms with Crippen LogP contribution in [0.15, 0.2) is 45.9 Å². The molecule has 0 aliphatic carbocycles. The molecule has 0 saturated carbocycles. The van der Waals surface area contributed by atoms with E-state index in [1.165, 1.54) is 10.4 Å². The fraction of sp³-hybridized carbons (Fsp3) is 0.476. The van der Waals surface area contributed by atoms with E-state index in [4.69, 9.17) is 13.9 Å². The number of hydrogen-bond donors (Lipinski definition) is 1. The summed E-state index contributed by atoms with van der Waals surface area (Å²) in [5.74, 6) is 1.63. The molecular weight excluding hydrogens is 408 g/mol. The highest BCUT2D eigenvalue weighted by molar-refractivity contribution is 7.89. The highest BCUT2D eigenvalue weighted by atomic mass is 32.2. The van der Waals surface area contributed by atoms with Crippen molar-refractivity contribution in [1.82, 2.24) is 9.62 Å². The number of amides is 1. The van der Waals surface area contributed by atoms with Crippen molar-refractivity contribution < 1.29 is 27.1 Å². The maximum Gasteiger partial charge on any atom is 0.243 e. The van der Waals surface area contributed by atoms with Gasteiger partial charge in [-0.15, -0.1) is 0 Å². The molecule has 0 radical (unpaired) electrons. The smallest absolute Gasteiger partial charge is 0.243 e. The van der Waals surface area contributed by atoms with E-state index in [0.717, 1.165) is 12.2 Å². The summed E-state index contributed by atoms with van der Waals surface area (Å²) in [6, 6.07) is 8.41. The van der Waals surface area contributed by atoms with Crippen LogP contribution in [0.1, 0.15) is 25.0 Å². The minimum Gasteiger partial charge on any atom is -0.490 e. The lowest BCUT2D eigenvalue weighted by Gasteiger charge is -2.30. The molecule has 8 nitrogen and oxygen atoms in total. The van der Waals surface area contributed by atoms with Gasteiger partial charge in [0, 0.05) is 44.5 Å². The minimum absolute atomic E-state index is 0.0332. The van der Waals surface area contributed by atoms with E-state index >= 15 is 0 Å². The highest BCUT2D eigenvalue weighted by Crippen LogP contribution is 2.33. The normalized spacial score (nSPS) is 18.0. The van der Waals surface area contributed by atoms with Gasteiger partial charge in [-0.25, -0.2) is 8.42 Å². The summed E-state index contributed by atoms with van der Waals surface area (Å²) in [6.07, 6.45) is 3.99. The molecule has 1 aromatic heterocycles. The van der Waals surface area contributed by atoms with E-state index in [9.17, 15) is 13.2 Å². The summed E-state index contributed by atoms with van der Waals surface area (Å²) in [4.78, 5) is 12.6. The summed E-state index contributed by atoms with van der Waals surface area (Å²) in [5, 5.41) is 2.92. The van der Waals surface area contributed by atoms with Crippen LogP contribution >= 0.6 is 0 Å². The number of carbonyl (C=O) groups is 1. The van der Waals surface area contributed by atoms with Crippen LogP contribution in [-0.2, 0) is 21.2 Å². The first kappa shape index (κ1) is 20.7. The molecule has 1 aromatic carbocycles. The lowest BCUT2D eigenvalue weighted by molar-refractivity contribution is -0.126. The van der Waals surface area contributed by atoms with Crippen LogP contribution in [0.4, 0.5) is 0 Å². The quantitative estimate of drug-likeness (QED) is 0.749. The molecule has 1 amide bonds. The third-order valence-corrected chi connectivity index (χ3v) is 7.33. The Balaban J connectivity index is 1.32. The van der Waals surface area contributed by atoms with Crippen molar-refractivity contribution in [2.45, 2.75) is 30.6 Å². The monoisotopic (exact) mass is 434 g/mol. The Bertz CT molecular complexity index is 965. The number of benzene rings is 1. The lowest BCUT2D eigenvalue weighted by Crippen LogP contribution is -2.43. The van der Waals surface area contributed by atoms with Gasteiger partial charge in [0.15, 0.2) is 11.5 Å². The number of rotatable bonds is 6. The molecule has 9 heteroatoms. The van der Waals surface area contributed by atoms with Gasteiger partial charge in [-0.1, -0.05) is 0 Å². The molecule has 0 unspecified atom stereocenters. The van der Waals surface area contributed by atoms with Gasteiger partial charge >= 0.3 is 0 Å². The van der Waals surface area contributed by atoms with E-state index in [2.05, 4.69) is 5.32 Å². The zero-order valence-corrected chi connectivity index (χ0v) is 17.5. The number of nitrogens with zero attached hydrogens (tertiary/aromatic N) is 1. The van der Waals surface area contributed by atoms with E-state index in [1.54, 1.807) is 18.4 Å². The van der Waals surface area contributed by atoms with Gasteiger partial charge in [-0.05, 0) is 37.1 Å². The number of sulfonamides is 1. The van der Waals surface area contributed by atoms with Crippen molar-refractivity contribution in [3.8, 4) is 11.5 Å². The zero-order valence-electron chi connectivity index (χ0n) is 16.7. The zero-order chi connectivity index (χ0) is 21.0. The third kappa shape index (κ3) is 4.62. The van der Waals surface area contributed by atoms with Crippen LogP contribution < -0.4 is 14.8 Å². The third-order valence-electron chi connectivity index (χ3n) is 5.43. The molecule has 0 atom stereocenters. The standard InChI is InChI=1S/C21H26N2O6S/c24-21(22-9-6-17-3-1-12-27-17)16-7-10-23(11-8-16)30(25,26)18-4-5-19-20(15-18)29-14-2-13-28-19/h1,3-5,12,15-16H,2,6-11,13-14H2,(H,22,24). The topological polar surface area (TPSA) is 98.1 Å². The summed E-state index contributed by atoms with van der Waals surface area (Å²) >= 11 is 0. The van der Waals surface area contributed by atoms with Crippen molar-refractivity contribution in [1.29, 1.82) is 0 Å². The van der Waals surface area contributed by atoms with Gasteiger partial charge in [0.25, 0.3) is 0 Å². The Morgan fingerprint density at radius 3 is 2.60 bits per heavy atom. The lowest BCUT2D eigenvalue weighted by atomic mass is 9.97. The van der Waals surface area contributed by atoms with E-state index < -0.39 is 10.0 Å². The number of piperidine rings is 1. The van der Waals surface area contributed by atoms with Crippen molar-refractivity contribution in [2.24, 2.45) is 5.92 Å². The van der Waals surface area contributed by atoms with Crippen LogP contribution in [0.5, 0.6) is 11.5 Å². The fourth-order valence-electron chi connectivity index (χ4n) is 3.72. The SMILES string of the molecule is O=C(NCCc1ccco1)C1CCN(S(=O)(=O)c2ccc3c(c2)OCCCO3)CC1. The Morgan fingerprint density at radius 1 is 1.10 bits per heavy atom. The van der Waals surface area contributed by atoms with Crippen molar-refractivity contribution in [2.75, 3.05) is 32.8 Å². The second kappa shape index (κ2) is 9.09. The predicted octanol–water partition coefficient (Wildman–Crippen LogP) is 2.20. The number of fused-ring (bicyclic) bond motifs is 1. The first-order chi connectivity index (χ1) is 14.5. The Kier molecular flexibility index (Phi) is 6.29. The van der Waals surface area contributed by atoms with Gasteiger partial charge in [-0.3, -0.25) is 4.79 Å². The number of nitrogens with one attached hydrogen (secondary N) is 1. The van der Waals surface area contributed by atoms with E-state index in [-0.39, 0.29) is 16.7 Å². The van der Waals surface area contributed by atoms with Crippen LogP contribution in [0, 0.1) is 5.92 Å². The van der Waals surface area contributed by atoms with Gasteiger partial charge in [0.2, 0.25) is 15.9 Å². The van der Waals surface area contributed by atoms with Gasteiger partial charge in [0.05, 0.1) is 24.4 Å². The molecule has 2 aliphatic heterocycles. The minimum atomic E-state index is -3.65. The summed E-state index contributed by atoms with van der Waals surface area (Å²) in [6.45, 7) is 2.18. The van der Waals surface area contributed by atoms with Crippen molar-refractivity contribution in [3.05, 3.63) is 42.4 Å². The molecule has 1 saturated heterocycles. The summed E-state index contributed by atoms with van der Waals surface area (Å²) in [7, 11) is -3.65. The summed E-state index contributed by atoms with van der Waals surface area (Å²) in [5.41, 5.74) is 0. The fourth-order valence-corrected chi connectivity index (χ4v) is 5.21. The maximum absolute atomic E-state index is 13.1.